The smallest absolute Gasteiger partial charge is 0.0540 e. The van der Waals surface area contributed by atoms with Crippen molar-refractivity contribution in [2.24, 2.45) is 0 Å². The highest BCUT2D eigenvalue weighted by Crippen LogP contribution is 2.35. The first-order valence-electron chi connectivity index (χ1n) is 5.66. The summed E-state index contributed by atoms with van der Waals surface area (Å²) in [6.07, 6.45) is 0.989. The molecule has 0 aliphatic heterocycles. The minimum absolute atomic E-state index is 0.154. The Morgan fingerprint density at radius 2 is 1.38 bits per heavy atom. The Balaban J connectivity index is 2.19. The molecule has 0 bridgehead atoms. The van der Waals surface area contributed by atoms with Crippen molar-refractivity contribution in [1.29, 1.82) is 0 Å². The second kappa shape index (κ2) is 3.76. The third-order valence-electron chi connectivity index (χ3n) is 3.42. The molecule has 0 fully saturated rings. The highest BCUT2D eigenvalue weighted by atomic mass is 16.3. The average Bonchev–Trinajstić information content (AvgIpc) is 2.36. The second-order valence-corrected chi connectivity index (χ2v) is 4.31. The number of hydrogen-bond donors (Lipinski definition) is 1. The van der Waals surface area contributed by atoms with Crippen LogP contribution in [-0.4, -0.2) is 11.7 Å². The van der Waals surface area contributed by atoms with Gasteiger partial charge < -0.3 is 5.11 Å². The van der Waals surface area contributed by atoms with Crippen LogP contribution < -0.4 is 0 Å². The van der Waals surface area contributed by atoms with Crippen LogP contribution in [0.2, 0.25) is 0 Å². The normalized spacial score (nSPS) is 14.3. The number of aliphatic hydroxyl groups excluding tert-OH is 1. The highest BCUT2D eigenvalue weighted by Gasteiger charge is 2.23. The summed E-state index contributed by atoms with van der Waals surface area (Å²) in [5.74, 6) is 0.154. The Morgan fingerprint density at radius 1 is 0.875 bits per heavy atom. The summed E-state index contributed by atoms with van der Waals surface area (Å²) in [6.45, 7) is 0.189. The summed E-state index contributed by atoms with van der Waals surface area (Å²) in [4.78, 5) is 0. The van der Waals surface area contributed by atoms with Crippen molar-refractivity contribution < 1.29 is 5.11 Å². The molecule has 0 saturated carbocycles. The quantitative estimate of drug-likeness (QED) is 0.767. The number of benzene rings is 2. The van der Waals surface area contributed by atoms with Gasteiger partial charge in [-0.3, -0.25) is 0 Å². The van der Waals surface area contributed by atoms with E-state index in [1.807, 2.05) is 0 Å². The van der Waals surface area contributed by atoms with Gasteiger partial charge in [0.1, 0.15) is 0 Å². The Bertz CT molecular complexity index is 471. The maximum Gasteiger partial charge on any atom is 0.0540 e. The van der Waals surface area contributed by atoms with Gasteiger partial charge in [-0.15, -0.1) is 0 Å². The first-order chi connectivity index (χ1) is 7.90. The van der Waals surface area contributed by atoms with E-state index in [0.29, 0.717) is 0 Å². The van der Waals surface area contributed by atoms with Gasteiger partial charge in [-0.25, -0.2) is 0 Å². The van der Waals surface area contributed by atoms with E-state index < -0.39 is 0 Å². The van der Waals surface area contributed by atoms with E-state index in [1.165, 1.54) is 22.3 Å². The minimum atomic E-state index is 0.154. The van der Waals surface area contributed by atoms with Gasteiger partial charge in [-0.2, -0.15) is 0 Å². The molecule has 1 N–H and O–H groups in total. The number of fused-ring (bicyclic) bond motifs is 2. The van der Waals surface area contributed by atoms with Gasteiger partial charge >= 0.3 is 0 Å². The van der Waals surface area contributed by atoms with Crippen LogP contribution in [0, 0.1) is 0 Å². The predicted molar refractivity (Wildman–Crippen MR) is 64.6 cm³/mol. The van der Waals surface area contributed by atoms with E-state index in [0.717, 1.165) is 6.42 Å². The molecule has 3 rings (SSSR count). The lowest BCUT2D eigenvalue weighted by molar-refractivity contribution is 0.278. The first kappa shape index (κ1) is 9.61. The molecule has 0 amide bonds. The third-order valence-corrected chi connectivity index (χ3v) is 3.42. The Morgan fingerprint density at radius 3 is 1.88 bits per heavy atom. The summed E-state index contributed by atoms with van der Waals surface area (Å²) in [5, 5.41) is 9.58. The SMILES string of the molecule is OCC1c2ccccc2Cc2ccccc21. The van der Waals surface area contributed by atoms with Crippen molar-refractivity contribution in [2.75, 3.05) is 6.61 Å². The average molecular weight is 210 g/mol. The molecule has 80 valence electrons. The second-order valence-electron chi connectivity index (χ2n) is 4.31. The van der Waals surface area contributed by atoms with E-state index in [-0.39, 0.29) is 12.5 Å². The van der Waals surface area contributed by atoms with Gasteiger partial charge in [0.15, 0.2) is 0 Å². The minimum Gasteiger partial charge on any atom is -0.395 e. The van der Waals surface area contributed by atoms with Crippen molar-refractivity contribution >= 4 is 0 Å². The zero-order valence-electron chi connectivity index (χ0n) is 9.06. The Kier molecular flexibility index (Phi) is 2.26. The summed E-state index contributed by atoms with van der Waals surface area (Å²) in [7, 11) is 0. The highest BCUT2D eigenvalue weighted by molar-refractivity contribution is 5.49. The van der Waals surface area contributed by atoms with Crippen molar-refractivity contribution in [1.82, 2.24) is 0 Å². The van der Waals surface area contributed by atoms with Gasteiger partial charge in [0.2, 0.25) is 0 Å². The van der Waals surface area contributed by atoms with E-state index in [1.54, 1.807) is 0 Å². The lowest BCUT2D eigenvalue weighted by Crippen LogP contribution is -2.16. The van der Waals surface area contributed by atoms with Gasteiger partial charge in [-0.1, -0.05) is 48.5 Å². The fraction of sp³-hybridized carbons (Fsp3) is 0.200. The first-order valence-corrected chi connectivity index (χ1v) is 5.66. The Hall–Kier alpha value is -1.60. The molecular weight excluding hydrogens is 196 g/mol. The molecule has 0 unspecified atom stereocenters. The van der Waals surface area contributed by atoms with Gasteiger partial charge in [-0.05, 0) is 28.7 Å². The lowest BCUT2D eigenvalue weighted by atomic mass is 9.78. The molecule has 0 atom stereocenters. The zero-order chi connectivity index (χ0) is 11.0. The fourth-order valence-corrected chi connectivity index (χ4v) is 2.64. The van der Waals surface area contributed by atoms with Gasteiger partial charge in [0, 0.05) is 5.92 Å². The van der Waals surface area contributed by atoms with E-state index in [4.69, 9.17) is 0 Å². The predicted octanol–water partition coefficient (Wildman–Crippen LogP) is 2.72. The van der Waals surface area contributed by atoms with Crippen LogP contribution in [0.4, 0.5) is 0 Å². The standard InChI is InChI=1S/C15H14O/c16-10-15-13-7-3-1-5-11(13)9-12-6-2-4-8-14(12)15/h1-8,15-16H,9-10H2. The fourth-order valence-electron chi connectivity index (χ4n) is 2.64. The van der Waals surface area contributed by atoms with Crippen LogP contribution in [0.25, 0.3) is 0 Å². The molecule has 1 heteroatoms. The van der Waals surface area contributed by atoms with Gasteiger partial charge in [0.25, 0.3) is 0 Å². The van der Waals surface area contributed by atoms with Crippen molar-refractivity contribution in [3.8, 4) is 0 Å². The molecule has 0 aromatic heterocycles. The van der Waals surface area contributed by atoms with E-state index >= 15 is 0 Å². The van der Waals surface area contributed by atoms with E-state index in [2.05, 4.69) is 48.5 Å². The molecule has 1 aliphatic carbocycles. The lowest BCUT2D eigenvalue weighted by Gasteiger charge is -2.26. The molecule has 0 heterocycles. The molecule has 2 aromatic rings. The molecule has 0 saturated heterocycles. The zero-order valence-corrected chi connectivity index (χ0v) is 9.06. The van der Waals surface area contributed by atoms with Crippen LogP contribution >= 0.6 is 0 Å². The van der Waals surface area contributed by atoms with Crippen LogP contribution in [0.1, 0.15) is 28.2 Å². The molecule has 1 aliphatic rings. The molecular formula is C15H14O. The maximum atomic E-state index is 9.58. The molecule has 2 aromatic carbocycles. The topological polar surface area (TPSA) is 20.2 Å². The maximum absolute atomic E-state index is 9.58. The monoisotopic (exact) mass is 210 g/mol. The van der Waals surface area contributed by atoms with Crippen LogP contribution in [-0.2, 0) is 6.42 Å². The largest absolute Gasteiger partial charge is 0.395 e. The summed E-state index contributed by atoms with van der Waals surface area (Å²) in [5.41, 5.74) is 5.26. The summed E-state index contributed by atoms with van der Waals surface area (Å²) in [6, 6.07) is 16.8. The number of aliphatic hydroxyl groups is 1. The molecule has 0 radical (unpaired) electrons. The van der Waals surface area contributed by atoms with E-state index in [9.17, 15) is 5.11 Å². The third kappa shape index (κ3) is 1.36. The van der Waals surface area contributed by atoms with Crippen LogP contribution in [0.15, 0.2) is 48.5 Å². The van der Waals surface area contributed by atoms with Crippen LogP contribution in [0.3, 0.4) is 0 Å². The molecule has 1 nitrogen and oxygen atoms in total. The molecule has 0 spiro atoms. The van der Waals surface area contributed by atoms with Crippen molar-refractivity contribution in [3.05, 3.63) is 70.8 Å². The summed E-state index contributed by atoms with van der Waals surface area (Å²) >= 11 is 0. The number of hydrogen-bond acceptors (Lipinski definition) is 1. The number of rotatable bonds is 1. The van der Waals surface area contributed by atoms with Gasteiger partial charge in [0.05, 0.1) is 6.61 Å². The summed E-state index contributed by atoms with van der Waals surface area (Å²) < 4.78 is 0. The van der Waals surface area contributed by atoms with Crippen molar-refractivity contribution in [3.63, 3.8) is 0 Å². The van der Waals surface area contributed by atoms with Crippen LogP contribution in [0.5, 0.6) is 0 Å². The Labute approximate surface area is 95.4 Å². The van der Waals surface area contributed by atoms with Crippen molar-refractivity contribution in [2.45, 2.75) is 12.3 Å². The molecule has 16 heavy (non-hydrogen) atoms.